The van der Waals surface area contributed by atoms with Crippen LogP contribution in [0.1, 0.15) is 36.5 Å². The Morgan fingerprint density at radius 3 is 2.13 bits per heavy atom. The molecule has 2 aromatic carbocycles. The maximum absolute atomic E-state index is 12.5. The van der Waals surface area contributed by atoms with Crippen LogP contribution >= 0.6 is 11.6 Å². The van der Waals surface area contributed by atoms with E-state index in [0.717, 1.165) is 22.4 Å². The zero-order chi connectivity index (χ0) is 22.5. The molecule has 0 aliphatic carbocycles. The number of amides is 2. The van der Waals surface area contributed by atoms with Crippen molar-refractivity contribution in [2.45, 2.75) is 45.8 Å². The van der Waals surface area contributed by atoms with Gasteiger partial charge >= 0.3 is 0 Å². The van der Waals surface area contributed by atoms with Gasteiger partial charge in [-0.25, -0.2) is 8.42 Å². The average Bonchev–Trinajstić information content (AvgIpc) is 2.65. The number of rotatable bonds is 8. The lowest BCUT2D eigenvalue weighted by Gasteiger charge is -2.14. The third-order valence-electron chi connectivity index (χ3n) is 4.79. The fraction of sp³-hybridized carbons (Fsp3) is 0.364. The minimum atomic E-state index is -3.70. The van der Waals surface area contributed by atoms with E-state index < -0.39 is 21.0 Å². The lowest BCUT2D eigenvalue weighted by atomic mass is 10.0. The number of carbonyl (C=O) groups excluding carboxylic acids is 2. The highest BCUT2D eigenvalue weighted by Crippen LogP contribution is 2.22. The van der Waals surface area contributed by atoms with E-state index in [1.807, 2.05) is 32.9 Å². The number of hydrogen-bond acceptors (Lipinski definition) is 4. The monoisotopic (exact) mass is 450 g/mol. The number of halogens is 1. The van der Waals surface area contributed by atoms with Gasteiger partial charge in [-0.15, -0.1) is 0 Å². The first-order valence-electron chi connectivity index (χ1n) is 9.65. The molecule has 8 heteroatoms. The average molecular weight is 451 g/mol. The number of sulfone groups is 1. The van der Waals surface area contributed by atoms with Crippen molar-refractivity contribution in [2.75, 3.05) is 16.4 Å². The summed E-state index contributed by atoms with van der Waals surface area (Å²) < 4.78 is 25.0. The van der Waals surface area contributed by atoms with E-state index in [4.69, 9.17) is 11.6 Å². The lowest BCUT2D eigenvalue weighted by Crippen LogP contribution is -2.34. The molecule has 0 fully saturated rings. The predicted octanol–water partition coefficient (Wildman–Crippen LogP) is 4.43. The van der Waals surface area contributed by atoms with Crippen molar-refractivity contribution in [1.29, 1.82) is 0 Å². The van der Waals surface area contributed by atoms with Crippen LogP contribution < -0.4 is 10.6 Å². The molecule has 0 saturated carbocycles. The molecular weight excluding hydrogens is 424 g/mol. The minimum absolute atomic E-state index is 0.0531. The zero-order valence-electron chi connectivity index (χ0n) is 17.6. The van der Waals surface area contributed by atoms with E-state index in [-0.39, 0.29) is 24.5 Å². The van der Waals surface area contributed by atoms with Crippen molar-refractivity contribution in [2.24, 2.45) is 0 Å². The van der Waals surface area contributed by atoms with Crippen LogP contribution in [0.15, 0.2) is 36.4 Å². The van der Waals surface area contributed by atoms with Crippen molar-refractivity contribution < 1.29 is 18.0 Å². The molecule has 0 aromatic heterocycles. The highest BCUT2D eigenvalue weighted by atomic mass is 35.5. The SMILES string of the molecule is Cc1cc(C)c(NC(=O)CCCS(=O)(=O)C(C)C(=O)Nc2ccc(Cl)cc2)c(C)c1. The summed E-state index contributed by atoms with van der Waals surface area (Å²) in [4.78, 5) is 24.5. The van der Waals surface area contributed by atoms with Gasteiger partial charge in [-0.3, -0.25) is 9.59 Å². The van der Waals surface area contributed by atoms with Crippen LogP contribution in [0.4, 0.5) is 11.4 Å². The molecule has 6 nitrogen and oxygen atoms in total. The van der Waals surface area contributed by atoms with E-state index in [9.17, 15) is 18.0 Å². The molecule has 0 spiro atoms. The van der Waals surface area contributed by atoms with E-state index in [0.29, 0.717) is 10.7 Å². The molecule has 2 N–H and O–H groups in total. The second-order valence-corrected chi connectivity index (χ2v) is 10.3. The largest absolute Gasteiger partial charge is 0.326 e. The molecule has 0 heterocycles. The molecule has 1 atom stereocenters. The second kappa shape index (κ2) is 10.1. The summed E-state index contributed by atoms with van der Waals surface area (Å²) in [6.45, 7) is 7.17. The normalized spacial score (nSPS) is 12.3. The van der Waals surface area contributed by atoms with Gasteiger partial charge in [0.2, 0.25) is 11.8 Å². The number of nitrogens with one attached hydrogen (secondary N) is 2. The predicted molar refractivity (Wildman–Crippen MR) is 122 cm³/mol. The smallest absolute Gasteiger partial charge is 0.242 e. The molecule has 2 amide bonds. The Morgan fingerprint density at radius 1 is 1.00 bits per heavy atom. The number of carbonyl (C=O) groups is 2. The minimum Gasteiger partial charge on any atom is -0.326 e. The van der Waals surface area contributed by atoms with Crippen molar-refractivity contribution in [3.63, 3.8) is 0 Å². The van der Waals surface area contributed by atoms with Crippen LogP contribution in [0.3, 0.4) is 0 Å². The third-order valence-corrected chi connectivity index (χ3v) is 7.19. The molecule has 0 saturated heterocycles. The Bertz CT molecular complexity index is 1010. The van der Waals surface area contributed by atoms with E-state index >= 15 is 0 Å². The molecule has 0 bridgehead atoms. The van der Waals surface area contributed by atoms with E-state index in [1.165, 1.54) is 6.92 Å². The fourth-order valence-corrected chi connectivity index (χ4v) is 4.54. The summed E-state index contributed by atoms with van der Waals surface area (Å²) in [5.74, 6) is -1.12. The Labute approximate surface area is 182 Å². The molecule has 2 rings (SSSR count). The molecular formula is C22H27ClN2O4S. The van der Waals surface area contributed by atoms with Gasteiger partial charge in [0.05, 0.1) is 5.75 Å². The third kappa shape index (κ3) is 6.57. The quantitative estimate of drug-likeness (QED) is 0.622. The van der Waals surface area contributed by atoms with Gasteiger partial charge in [0, 0.05) is 22.8 Å². The van der Waals surface area contributed by atoms with Gasteiger partial charge < -0.3 is 10.6 Å². The van der Waals surface area contributed by atoms with E-state index in [2.05, 4.69) is 10.6 Å². The summed E-state index contributed by atoms with van der Waals surface area (Å²) >= 11 is 5.80. The Balaban J connectivity index is 1.88. The lowest BCUT2D eigenvalue weighted by molar-refractivity contribution is -0.116. The van der Waals surface area contributed by atoms with Gasteiger partial charge in [-0.05, 0) is 69.5 Å². The number of hydrogen-bond donors (Lipinski definition) is 2. The number of benzene rings is 2. The molecule has 30 heavy (non-hydrogen) atoms. The summed E-state index contributed by atoms with van der Waals surface area (Å²) in [5.41, 5.74) is 4.25. The van der Waals surface area contributed by atoms with Crippen molar-refractivity contribution >= 4 is 44.6 Å². The van der Waals surface area contributed by atoms with Crippen molar-refractivity contribution in [3.05, 3.63) is 58.1 Å². The van der Waals surface area contributed by atoms with Crippen LogP contribution in [-0.4, -0.2) is 31.2 Å². The first-order chi connectivity index (χ1) is 14.0. The van der Waals surface area contributed by atoms with Crippen molar-refractivity contribution in [3.8, 4) is 0 Å². The summed E-state index contributed by atoms with van der Waals surface area (Å²) in [6, 6.07) is 10.4. The first kappa shape index (κ1) is 23.9. The molecule has 0 aliphatic rings. The van der Waals surface area contributed by atoms with Crippen LogP contribution in [0, 0.1) is 20.8 Å². The highest BCUT2D eigenvalue weighted by Gasteiger charge is 2.28. The van der Waals surface area contributed by atoms with Crippen LogP contribution in [0.2, 0.25) is 5.02 Å². The standard InChI is InChI=1S/C22H27ClN2O4S/c1-14-12-15(2)21(16(3)13-14)25-20(26)6-5-11-30(28,29)17(4)22(27)24-19-9-7-18(23)8-10-19/h7-10,12-13,17H,5-6,11H2,1-4H3,(H,24,27)(H,25,26). The van der Waals surface area contributed by atoms with Crippen LogP contribution in [0.5, 0.6) is 0 Å². The molecule has 162 valence electrons. The Morgan fingerprint density at radius 2 is 1.57 bits per heavy atom. The maximum Gasteiger partial charge on any atom is 0.242 e. The van der Waals surface area contributed by atoms with Gasteiger partial charge in [0.15, 0.2) is 9.84 Å². The molecule has 2 aromatic rings. The second-order valence-electron chi connectivity index (χ2n) is 7.43. The Kier molecular flexibility index (Phi) is 8.03. The van der Waals surface area contributed by atoms with Crippen molar-refractivity contribution in [1.82, 2.24) is 0 Å². The summed E-state index contributed by atoms with van der Waals surface area (Å²) in [6.07, 6.45) is 0.189. The van der Waals surface area contributed by atoms with Gasteiger partial charge in [-0.1, -0.05) is 29.3 Å². The number of aryl methyl sites for hydroxylation is 3. The molecule has 0 aliphatic heterocycles. The van der Waals surface area contributed by atoms with Gasteiger partial charge in [-0.2, -0.15) is 0 Å². The molecule has 1 unspecified atom stereocenters. The van der Waals surface area contributed by atoms with Crippen LogP contribution in [0.25, 0.3) is 0 Å². The Hall–Kier alpha value is -2.38. The number of anilines is 2. The molecule has 0 radical (unpaired) electrons. The maximum atomic E-state index is 12.5. The van der Waals surface area contributed by atoms with Gasteiger partial charge in [0.25, 0.3) is 0 Å². The summed E-state index contributed by atoms with van der Waals surface area (Å²) in [7, 11) is -3.70. The van der Waals surface area contributed by atoms with Gasteiger partial charge in [0.1, 0.15) is 5.25 Å². The zero-order valence-corrected chi connectivity index (χ0v) is 19.2. The van der Waals surface area contributed by atoms with Crippen LogP contribution in [-0.2, 0) is 19.4 Å². The fourth-order valence-electron chi connectivity index (χ4n) is 3.13. The topological polar surface area (TPSA) is 92.3 Å². The highest BCUT2D eigenvalue weighted by molar-refractivity contribution is 7.92. The first-order valence-corrected chi connectivity index (χ1v) is 11.7. The summed E-state index contributed by atoms with van der Waals surface area (Å²) in [5, 5.41) is 4.72. The van der Waals surface area contributed by atoms with E-state index in [1.54, 1.807) is 24.3 Å².